The largest absolute Gasteiger partial charge is 0.393 e. The Labute approximate surface area is 202 Å². The van der Waals surface area contributed by atoms with Crippen LogP contribution in [0.2, 0.25) is 5.02 Å². The number of aliphatic hydroxyl groups excluding tert-OH is 1. The van der Waals surface area contributed by atoms with E-state index in [9.17, 15) is 5.11 Å². The molecule has 33 heavy (non-hydrogen) atoms. The molecule has 178 valence electrons. The Hall–Kier alpha value is -1.43. The van der Waals surface area contributed by atoms with Crippen LogP contribution in [0.4, 0.5) is 0 Å². The Morgan fingerprint density at radius 3 is 2.36 bits per heavy atom. The van der Waals surface area contributed by atoms with Crippen molar-refractivity contribution in [1.29, 1.82) is 0 Å². The maximum absolute atomic E-state index is 10.3. The summed E-state index contributed by atoms with van der Waals surface area (Å²) in [5.41, 5.74) is 7.73. The molecule has 5 heteroatoms. The van der Waals surface area contributed by atoms with Crippen LogP contribution in [0.1, 0.15) is 92.1 Å². The summed E-state index contributed by atoms with van der Waals surface area (Å²) in [7, 11) is 0. The Balaban J connectivity index is 1.24. The lowest BCUT2D eigenvalue weighted by Crippen LogP contribution is -2.37. The van der Waals surface area contributed by atoms with Crippen molar-refractivity contribution in [3.8, 4) is 0 Å². The van der Waals surface area contributed by atoms with E-state index < -0.39 is 6.10 Å². The number of hydroxylamine groups is 1. The van der Waals surface area contributed by atoms with Crippen LogP contribution in [0.25, 0.3) is 0 Å². The number of halogens is 1. The van der Waals surface area contributed by atoms with Gasteiger partial charge in [-0.15, -0.1) is 0 Å². The monoisotopic (exact) mass is 469 g/mol. The molecule has 2 aromatic carbocycles. The third-order valence-electron chi connectivity index (χ3n) is 8.44. The van der Waals surface area contributed by atoms with E-state index in [1.165, 1.54) is 56.1 Å². The second-order valence-electron chi connectivity index (χ2n) is 10.6. The van der Waals surface area contributed by atoms with Crippen LogP contribution in [0.3, 0.4) is 0 Å². The topological polar surface area (TPSA) is 61.7 Å². The third kappa shape index (κ3) is 5.31. The number of hydrogen-bond donors (Lipinski definition) is 3. The molecule has 2 aliphatic carbocycles. The first-order chi connectivity index (χ1) is 16.0. The molecular weight excluding hydrogens is 434 g/mol. The van der Waals surface area contributed by atoms with Gasteiger partial charge in [0.1, 0.15) is 0 Å². The summed E-state index contributed by atoms with van der Waals surface area (Å²) in [6.07, 6.45) is 10.9. The molecule has 1 aliphatic heterocycles. The Kier molecular flexibility index (Phi) is 7.10. The molecule has 0 amide bonds. The highest BCUT2D eigenvalue weighted by Crippen LogP contribution is 2.54. The predicted molar refractivity (Wildman–Crippen MR) is 131 cm³/mol. The summed E-state index contributed by atoms with van der Waals surface area (Å²) >= 11 is 6.56. The first kappa shape index (κ1) is 23.3. The SMILES string of the molecule is ONC[C@@H]1C[C@H](O)CC(c2ccc(Cl)c(Cc3ccc(C4CCC5(CCC5)CC4)cc3)c2)O1. The fourth-order valence-corrected chi connectivity index (χ4v) is 6.42. The quantitative estimate of drug-likeness (QED) is 0.433. The van der Waals surface area contributed by atoms with Gasteiger partial charge in [-0.1, -0.05) is 54.4 Å². The van der Waals surface area contributed by atoms with Crippen LogP contribution in [0.5, 0.6) is 0 Å². The predicted octanol–water partition coefficient (Wildman–Crippen LogP) is 6.32. The van der Waals surface area contributed by atoms with E-state index in [-0.39, 0.29) is 12.2 Å². The van der Waals surface area contributed by atoms with Crippen LogP contribution >= 0.6 is 11.6 Å². The average Bonchev–Trinajstić information content (AvgIpc) is 2.80. The summed E-state index contributed by atoms with van der Waals surface area (Å²) in [6, 6.07) is 15.2. The summed E-state index contributed by atoms with van der Waals surface area (Å²) in [4.78, 5) is 0. The molecule has 1 spiro atoms. The molecule has 0 radical (unpaired) electrons. The van der Waals surface area contributed by atoms with Crippen LogP contribution in [0.15, 0.2) is 42.5 Å². The van der Waals surface area contributed by atoms with Gasteiger partial charge in [-0.25, -0.2) is 5.48 Å². The van der Waals surface area contributed by atoms with Crippen molar-refractivity contribution < 1.29 is 15.1 Å². The molecule has 5 rings (SSSR count). The standard InChI is InChI=1S/C28H36ClNO3/c29-26-7-6-22(27-17-24(31)16-25(33-27)18-30-32)15-23(26)14-19-2-4-20(5-3-19)21-8-12-28(13-9-21)10-1-11-28/h2-7,15,21,24-25,27,30-32H,1,8-14,16-18H2/t24-,25-,27?/m0/s1. The highest BCUT2D eigenvalue weighted by atomic mass is 35.5. The smallest absolute Gasteiger partial charge is 0.0854 e. The molecule has 3 fully saturated rings. The van der Waals surface area contributed by atoms with Gasteiger partial charge in [-0.05, 0) is 84.6 Å². The van der Waals surface area contributed by atoms with Gasteiger partial charge >= 0.3 is 0 Å². The molecule has 3 aliphatic rings. The summed E-state index contributed by atoms with van der Waals surface area (Å²) in [6.45, 7) is 0.308. The highest BCUT2D eigenvalue weighted by Gasteiger charge is 2.40. The van der Waals surface area contributed by atoms with Gasteiger partial charge in [-0.3, -0.25) is 0 Å². The van der Waals surface area contributed by atoms with Gasteiger partial charge in [0, 0.05) is 24.4 Å². The molecule has 2 aromatic rings. The molecule has 3 atom stereocenters. The van der Waals surface area contributed by atoms with Crippen LogP contribution < -0.4 is 5.48 Å². The third-order valence-corrected chi connectivity index (χ3v) is 8.81. The molecule has 1 heterocycles. The van der Waals surface area contributed by atoms with E-state index in [2.05, 4.69) is 35.8 Å². The van der Waals surface area contributed by atoms with Crippen molar-refractivity contribution in [3.05, 3.63) is 69.7 Å². The average molecular weight is 470 g/mol. The van der Waals surface area contributed by atoms with Crippen molar-refractivity contribution in [2.24, 2.45) is 5.41 Å². The number of aliphatic hydroxyl groups is 1. The van der Waals surface area contributed by atoms with E-state index in [1.807, 2.05) is 12.1 Å². The Morgan fingerprint density at radius 1 is 0.970 bits per heavy atom. The first-order valence-corrected chi connectivity index (χ1v) is 13.0. The van der Waals surface area contributed by atoms with Crippen LogP contribution in [-0.2, 0) is 11.2 Å². The summed E-state index contributed by atoms with van der Waals surface area (Å²) < 4.78 is 6.11. The lowest BCUT2D eigenvalue weighted by atomic mass is 9.58. The minimum Gasteiger partial charge on any atom is -0.393 e. The van der Waals surface area contributed by atoms with Crippen LogP contribution in [-0.4, -0.2) is 29.1 Å². The fourth-order valence-electron chi connectivity index (χ4n) is 6.24. The van der Waals surface area contributed by atoms with Gasteiger partial charge in [0.25, 0.3) is 0 Å². The zero-order valence-corrected chi connectivity index (χ0v) is 20.1. The number of benzene rings is 2. The fraction of sp³-hybridized carbons (Fsp3) is 0.571. The van der Waals surface area contributed by atoms with Crippen molar-refractivity contribution in [1.82, 2.24) is 5.48 Å². The van der Waals surface area contributed by atoms with E-state index in [4.69, 9.17) is 21.5 Å². The van der Waals surface area contributed by atoms with E-state index >= 15 is 0 Å². The minimum atomic E-state index is -0.437. The van der Waals surface area contributed by atoms with Crippen molar-refractivity contribution in [3.63, 3.8) is 0 Å². The molecule has 1 saturated heterocycles. The number of nitrogens with one attached hydrogen (secondary N) is 1. The number of hydrogen-bond acceptors (Lipinski definition) is 4. The normalized spacial score (nSPS) is 27.4. The lowest BCUT2D eigenvalue weighted by Gasteiger charge is -2.47. The van der Waals surface area contributed by atoms with Gasteiger partial charge in [0.15, 0.2) is 0 Å². The maximum atomic E-state index is 10.3. The van der Waals surface area contributed by atoms with Crippen molar-refractivity contribution in [2.75, 3.05) is 6.54 Å². The first-order valence-electron chi connectivity index (χ1n) is 12.6. The molecule has 1 unspecified atom stereocenters. The van der Waals surface area contributed by atoms with E-state index in [1.54, 1.807) is 0 Å². The molecule has 4 nitrogen and oxygen atoms in total. The molecule has 0 bridgehead atoms. The number of rotatable bonds is 6. The molecule has 0 aromatic heterocycles. The summed E-state index contributed by atoms with van der Waals surface area (Å²) in [5.74, 6) is 0.716. The lowest BCUT2D eigenvalue weighted by molar-refractivity contribution is -0.104. The zero-order chi connectivity index (χ0) is 22.8. The Bertz CT molecular complexity index is 933. The van der Waals surface area contributed by atoms with Crippen molar-refractivity contribution >= 4 is 11.6 Å². The second-order valence-corrected chi connectivity index (χ2v) is 11.0. The van der Waals surface area contributed by atoms with Gasteiger partial charge < -0.3 is 15.1 Å². The van der Waals surface area contributed by atoms with Crippen LogP contribution in [0, 0.1) is 5.41 Å². The summed E-state index contributed by atoms with van der Waals surface area (Å²) in [5, 5.41) is 20.0. The van der Waals surface area contributed by atoms with Crippen molar-refractivity contribution in [2.45, 2.75) is 88.4 Å². The number of ether oxygens (including phenoxy) is 1. The minimum absolute atomic E-state index is 0.198. The van der Waals surface area contributed by atoms with Gasteiger partial charge in [-0.2, -0.15) is 0 Å². The van der Waals surface area contributed by atoms with E-state index in [0.717, 1.165) is 22.6 Å². The molecule has 2 saturated carbocycles. The Morgan fingerprint density at radius 2 is 1.70 bits per heavy atom. The molecule has 3 N–H and O–H groups in total. The van der Waals surface area contributed by atoms with E-state index in [0.29, 0.717) is 30.7 Å². The maximum Gasteiger partial charge on any atom is 0.0854 e. The zero-order valence-electron chi connectivity index (χ0n) is 19.3. The second kappa shape index (κ2) is 10.1. The molecular formula is C28H36ClNO3. The van der Waals surface area contributed by atoms with Gasteiger partial charge in [0.05, 0.1) is 18.3 Å². The van der Waals surface area contributed by atoms with Gasteiger partial charge in [0.2, 0.25) is 0 Å². The highest BCUT2D eigenvalue weighted by molar-refractivity contribution is 6.31.